The standard InChI is InChI=1S/C19H22FN3O2/c1-23(13-19(25)10-4-5-11-19)18(24)14-7-6-12-21-17(14)22-16-9-3-2-8-15(16)20/h2-3,6-9,12,25H,4-5,10-11,13H2,1H3,(H,21,22). The number of halogens is 1. The normalized spacial score (nSPS) is 15.8. The molecule has 1 heterocycles. The van der Waals surface area contributed by atoms with Crippen LogP contribution in [0.15, 0.2) is 42.6 Å². The van der Waals surface area contributed by atoms with Gasteiger partial charge in [-0.2, -0.15) is 0 Å². The van der Waals surface area contributed by atoms with E-state index in [1.54, 1.807) is 43.6 Å². The van der Waals surface area contributed by atoms with E-state index in [1.807, 2.05) is 0 Å². The molecule has 1 aromatic heterocycles. The summed E-state index contributed by atoms with van der Waals surface area (Å²) in [6.45, 7) is 0.278. The highest BCUT2D eigenvalue weighted by Crippen LogP contribution is 2.30. The molecule has 25 heavy (non-hydrogen) atoms. The van der Waals surface area contributed by atoms with Crippen molar-refractivity contribution in [2.75, 3.05) is 18.9 Å². The molecule has 2 N–H and O–H groups in total. The third kappa shape index (κ3) is 3.96. The Balaban J connectivity index is 1.80. The summed E-state index contributed by atoms with van der Waals surface area (Å²) < 4.78 is 13.9. The van der Waals surface area contributed by atoms with Gasteiger partial charge in [0.1, 0.15) is 11.6 Å². The number of hydrogen-bond acceptors (Lipinski definition) is 4. The van der Waals surface area contributed by atoms with Crippen molar-refractivity contribution >= 4 is 17.4 Å². The summed E-state index contributed by atoms with van der Waals surface area (Å²) in [7, 11) is 1.67. The maximum atomic E-state index is 13.9. The minimum Gasteiger partial charge on any atom is -0.388 e. The molecule has 0 spiro atoms. The number of nitrogens with zero attached hydrogens (tertiary/aromatic N) is 2. The van der Waals surface area contributed by atoms with Gasteiger partial charge in [0.15, 0.2) is 0 Å². The average molecular weight is 343 g/mol. The molecule has 0 saturated heterocycles. The van der Waals surface area contributed by atoms with Crippen LogP contribution in [-0.2, 0) is 0 Å². The monoisotopic (exact) mass is 343 g/mol. The first-order valence-electron chi connectivity index (χ1n) is 8.43. The minimum absolute atomic E-state index is 0.257. The summed E-state index contributed by atoms with van der Waals surface area (Å²) in [5.41, 5.74) is -0.215. The molecule has 2 aromatic rings. The number of nitrogens with one attached hydrogen (secondary N) is 1. The SMILES string of the molecule is CN(CC1(O)CCCC1)C(=O)c1cccnc1Nc1ccccc1F. The zero-order valence-electron chi connectivity index (χ0n) is 14.2. The summed E-state index contributed by atoms with van der Waals surface area (Å²) in [6.07, 6.45) is 4.91. The van der Waals surface area contributed by atoms with Gasteiger partial charge < -0.3 is 15.3 Å². The fourth-order valence-electron chi connectivity index (χ4n) is 3.28. The van der Waals surface area contributed by atoms with Crippen molar-refractivity contribution in [3.8, 4) is 0 Å². The van der Waals surface area contributed by atoms with Gasteiger partial charge in [0, 0.05) is 19.8 Å². The summed E-state index contributed by atoms with van der Waals surface area (Å²) in [5.74, 6) is -0.379. The van der Waals surface area contributed by atoms with Gasteiger partial charge in [0.05, 0.1) is 16.9 Å². The lowest BCUT2D eigenvalue weighted by molar-refractivity contribution is 0.0157. The Hall–Kier alpha value is -2.47. The van der Waals surface area contributed by atoms with Crippen molar-refractivity contribution in [2.24, 2.45) is 0 Å². The van der Waals surface area contributed by atoms with E-state index in [-0.39, 0.29) is 18.1 Å². The number of benzene rings is 1. The molecule has 0 bridgehead atoms. The summed E-state index contributed by atoms with van der Waals surface area (Å²) in [6, 6.07) is 9.54. The van der Waals surface area contributed by atoms with E-state index in [2.05, 4.69) is 10.3 Å². The van der Waals surface area contributed by atoms with Crippen LogP contribution in [0.3, 0.4) is 0 Å². The molecule has 3 rings (SSSR count). The van der Waals surface area contributed by atoms with E-state index >= 15 is 0 Å². The molecule has 5 nitrogen and oxygen atoms in total. The second-order valence-electron chi connectivity index (χ2n) is 6.60. The van der Waals surface area contributed by atoms with E-state index in [1.165, 1.54) is 11.0 Å². The number of likely N-dealkylation sites (N-methyl/N-ethyl adjacent to an activating group) is 1. The number of hydrogen-bond donors (Lipinski definition) is 2. The maximum absolute atomic E-state index is 13.9. The Morgan fingerprint density at radius 3 is 2.72 bits per heavy atom. The van der Waals surface area contributed by atoms with E-state index < -0.39 is 11.4 Å². The number of pyridine rings is 1. The molecule has 0 aliphatic heterocycles. The molecule has 1 fully saturated rings. The van der Waals surface area contributed by atoms with Crippen LogP contribution in [0.5, 0.6) is 0 Å². The van der Waals surface area contributed by atoms with Crippen LogP contribution in [0.4, 0.5) is 15.9 Å². The number of anilines is 2. The Bertz CT molecular complexity index is 760. The largest absolute Gasteiger partial charge is 0.388 e. The highest BCUT2D eigenvalue weighted by molar-refractivity contribution is 5.99. The lowest BCUT2D eigenvalue weighted by Gasteiger charge is -2.29. The Morgan fingerprint density at radius 1 is 1.28 bits per heavy atom. The first-order valence-corrected chi connectivity index (χ1v) is 8.43. The van der Waals surface area contributed by atoms with Gasteiger partial charge in [0.25, 0.3) is 5.91 Å². The molecule has 1 aliphatic rings. The average Bonchev–Trinajstić information content (AvgIpc) is 3.03. The summed E-state index contributed by atoms with van der Waals surface area (Å²) >= 11 is 0. The Kier molecular flexibility index (Phi) is 4.99. The van der Waals surface area contributed by atoms with Crippen molar-refractivity contribution in [1.29, 1.82) is 0 Å². The number of amides is 1. The number of para-hydroxylation sites is 1. The van der Waals surface area contributed by atoms with Gasteiger partial charge in [-0.15, -0.1) is 0 Å². The van der Waals surface area contributed by atoms with Gasteiger partial charge in [-0.1, -0.05) is 25.0 Å². The minimum atomic E-state index is -0.814. The second-order valence-corrected chi connectivity index (χ2v) is 6.60. The first kappa shape index (κ1) is 17.4. The summed E-state index contributed by atoms with van der Waals surface area (Å²) in [5, 5.41) is 13.4. The summed E-state index contributed by atoms with van der Waals surface area (Å²) in [4.78, 5) is 18.5. The van der Waals surface area contributed by atoms with Crippen molar-refractivity contribution in [1.82, 2.24) is 9.88 Å². The second kappa shape index (κ2) is 7.19. The van der Waals surface area contributed by atoms with Crippen LogP contribution >= 0.6 is 0 Å². The molecular weight excluding hydrogens is 321 g/mol. The van der Waals surface area contributed by atoms with Crippen LogP contribution in [0.2, 0.25) is 0 Å². The van der Waals surface area contributed by atoms with Crippen LogP contribution in [0.1, 0.15) is 36.0 Å². The molecule has 1 aromatic carbocycles. The van der Waals surface area contributed by atoms with Gasteiger partial charge in [-0.05, 0) is 37.1 Å². The molecule has 0 unspecified atom stereocenters. The maximum Gasteiger partial charge on any atom is 0.257 e. The predicted octanol–water partition coefficient (Wildman–Crippen LogP) is 3.34. The number of aliphatic hydroxyl groups is 1. The number of carbonyl (C=O) groups excluding carboxylic acids is 1. The van der Waals surface area contributed by atoms with Crippen molar-refractivity contribution in [3.05, 3.63) is 54.0 Å². The Labute approximate surface area is 146 Å². The first-order chi connectivity index (χ1) is 12.0. The molecule has 0 atom stereocenters. The molecule has 6 heteroatoms. The van der Waals surface area contributed by atoms with E-state index in [4.69, 9.17) is 0 Å². The van der Waals surface area contributed by atoms with Gasteiger partial charge in [-0.3, -0.25) is 4.79 Å². The number of carbonyl (C=O) groups is 1. The van der Waals surface area contributed by atoms with E-state index in [9.17, 15) is 14.3 Å². The molecule has 0 radical (unpaired) electrons. The lowest BCUT2D eigenvalue weighted by Crippen LogP contribution is -2.42. The Morgan fingerprint density at radius 2 is 2.00 bits per heavy atom. The van der Waals surface area contributed by atoms with Crippen LogP contribution in [0.25, 0.3) is 0 Å². The number of rotatable bonds is 5. The molecular formula is C19H22FN3O2. The van der Waals surface area contributed by atoms with Gasteiger partial charge in [-0.25, -0.2) is 9.37 Å². The van der Waals surface area contributed by atoms with Crippen LogP contribution < -0.4 is 5.32 Å². The molecule has 1 saturated carbocycles. The van der Waals surface area contributed by atoms with Gasteiger partial charge >= 0.3 is 0 Å². The zero-order chi connectivity index (χ0) is 17.9. The smallest absolute Gasteiger partial charge is 0.257 e. The van der Waals surface area contributed by atoms with Crippen molar-refractivity contribution in [3.63, 3.8) is 0 Å². The highest BCUT2D eigenvalue weighted by Gasteiger charge is 2.34. The molecule has 132 valence electrons. The quantitative estimate of drug-likeness (QED) is 0.874. The third-order valence-corrected chi connectivity index (χ3v) is 4.58. The molecule has 1 aliphatic carbocycles. The van der Waals surface area contributed by atoms with E-state index in [0.29, 0.717) is 24.2 Å². The fraction of sp³-hybridized carbons (Fsp3) is 0.368. The zero-order valence-corrected chi connectivity index (χ0v) is 14.2. The van der Waals surface area contributed by atoms with Crippen molar-refractivity contribution < 1.29 is 14.3 Å². The van der Waals surface area contributed by atoms with Crippen molar-refractivity contribution in [2.45, 2.75) is 31.3 Å². The van der Waals surface area contributed by atoms with Gasteiger partial charge in [0.2, 0.25) is 0 Å². The number of aromatic nitrogens is 1. The highest BCUT2D eigenvalue weighted by atomic mass is 19.1. The van der Waals surface area contributed by atoms with E-state index in [0.717, 1.165) is 12.8 Å². The lowest BCUT2D eigenvalue weighted by atomic mass is 10.0. The fourth-order valence-corrected chi connectivity index (χ4v) is 3.28. The molecule has 1 amide bonds. The predicted molar refractivity (Wildman–Crippen MR) is 94.3 cm³/mol. The van der Waals surface area contributed by atoms with Crippen LogP contribution in [0, 0.1) is 5.82 Å². The third-order valence-electron chi connectivity index (χ3n) is 4.58. The topological polar surface area (TPSA) is 65.5 Å². The van der Waals surface area contributed by atoms with Crippen LogP contribution in [-0.4, -0.2) is 40.1 Å².